The topological polar surface area (TPSA) is 96.8 Å². The number of rotatable bonds is 3. The van der Waals surface area contributed by atoms with Crippen LogP contribution in [0.25, 0.3) is 16.9 Å². The zero-order valence-corrected chi connectivity index (χ0v) is 19.3. The summed E-state index contributed by atoms with van der Waals surface area (Å²) in [7, 11) is 3.50. The Labute approximate surface area is 194 Å². The first kappa shape index (κ1) is 21.5. The van der Waals surface area contributed by atoms with E-state index < -0.39 is 0 Å². The Balaban J connectivity index is 1.71. The van der Waals surface area contributed by atoms with E-state index in [1.807, 2.05) is 13.2 Å². The predicted octanol–water partition coefficient (Wildman–Crippen LogP) is 2.81. The normalized spacial score (nSPS) is 18.7. The number of ether oxygens (including phenoxy) is 1. The Bertz CT molecular complexity index is 1470. The zero-order chi connectivity index (χ0) is 23.3. The second-order valence-corrected chi connectivity index (χ2v) is 8.77. The lowest BCUT2D eigenvalue weighted by atomic mass is 9.90. The van der Waals surface area contributed by atoms with E-state index in [2.05, 4.69) is 15.1 Å². The minimum Gasteiger partial charge on any atom is -0.373 e. The molecule has 33 heavy (non-hydrogen) atoms. The van der Waals surface area contributed by atoms with E-state index in [1.54, 1.807) is 49.1 Å². The monoisotopic (exact) mass is 466 g/mol. The SMILES string of the molecule is Cc1nc2c(nc(C3CCOC(c4cnn(C)c4)C3)c(=O)n2-c2ccc(Cl)cc2)c(=O)n1C. The summed E-state index contributed by atoms with van der Waals surface area (Å²) in [6.07, 6.45) is 4.69. The van der Waals surface area contributed by atoms with Crippen LogP contribution in [0.2, 0.25) is 5.02 Å². The van der Waals surface area contributed by atoms with E-state index in [1.165, 1.54) is 9.13 Å². The molecule has 4 heterocycles. The van der Waals surface area contributed by atoms with Crippen LogP contribution < -0.4 is 11.1 Å². The lowest BCUT2D eigenvalue weighted by Gasteiger charge is -2.28. The Morgan fingerprint density at radius 3 is 2.55 bits per heavy atom. The zero-order valence-electron chi connectivity index (χ0n) is 18.5. The Kier molecular flexibility index (Phi) is 5.38. The largest absolute Gasteiger partial charge is 0.373 e. The fourth-order valence-electron chi connectivity index (χ4n) is 4.29. The Morgan fingerprint density at radius 2 is 1.85 bits per heavy atom. The molecule has 4 aromatic rings. The van der Waals surface area contributed by atoms with Gasteiger partial charge in [0.1, 0.15) is 11.5 Å². The van der Waals surface area contributed by atoms with Crippen molar-refractivity contribution in [3.05, 3.63) is 79.5 Å². The van der Waals surface area contributed by atoms with Gasteiger partial charge in [0, 0.05) is 43.4 Å². The van der Waals surface area contributed by atoms with Gasteiger partial charge in [-0.3, -0.25) is 23.4 Å². The summed E-state index contributed by atoms with van der Waals surface area (Å²) in [4.78, 5) is 36.0. The van der Waals surface area contributed by atoms with Gasteiger partial charge in [-0.1, -0.05) is 11.6 Å². The van der Waals surface area contributed by atoms with E-state index in [0.29, 0.717) is 41.7 Å². The summed E-state index contributed by atoms with van der Waals surface area (Å²) in [5.74, 6) is 0.317. The molecule has 1 aliphatic rings. The smallest absolute Gasteiger partial charge is 0.281 e. The molecule has 2 unspecified atom stereocenters. The highest BCUT2D eigenvalue weighted by Gasteiger charge is 2.30. The highest BCUT2D eigenvalue weighted by atomic mass is 35.5. The van der Waals surface area contributed by atoms with Crippen LogP contribution in [0.15, 0.2) is 46.2 Å². The van der Waals surface area contributed by atoms with Gasteiger partial charge in [0.05, 0.1) is 18.0 Å². The summed E-state index contributed by atoms with van der Waals surface area (Å²) in [6, 6.07) is 6.89. The van der Waals surface area contributed by atoms with Crippen LogP contribution >= 0.6 is 11.6 Å². The van der Waals surface area contributed by atoms with Crippen LogP contribution in [0.5, 0.6) is 0 Å². The number of hydrogen-bond acceptors (Lipinski definition) is 6. The fourth-order valence-corrected chi connectivity index (χ4v) is 4.42. The van der Waals surface area contributed by atoms with Crippen molar-refractivity contribution in [1.82, 2.24) is 28.9 Å². The molecular weight excluding hydrogens is 444 g/mol. The van der Waals surface area contributed by atoms with Gasteiger partial charge in [0.25, 0.3) is 11.1 Å². The highest BCUT2D eigenvalue weighted by Crippen LogP contribution is 2.36. The lowest BCUT2D eigenvalue weighted by molar-refractivity contribution is 0.00440. The van der Waals surface area contributed by atoms with Gasteiger partial charge in [-0.05, 0) is 44.0 Å². The third-order valence-electron chi connectivity index (χ3n) is 6.19. The van der Waals surface area contributed by atoms with E-state index in [4.69, 9.17) is 16.3 Å². The molecule has 0 N–H and O–H groups in total. The van der Waals surface area contributed by atoms with E-state index >= 15 is 0 Å². The average molecular weight is 467 g/mol. The third-order valence-corrected chi connectivity index (χ3v) is 6.44. The summed E-state index contributed by atoms with van der Waals surface area (Å²) < 4.78 is 10.6. The molecule has 5 rings (SSSR count). The molecule has 1 aromatic carbocycles. The highest BCUT2D eigenvalue weighted by molar-refractivity contribution is 6.30. The minimum absolute atomic E-state index is 0.164. The lowest BCUT2D eigenvalue weighted by Crippen LogP contribution is -2.33. The molecule has 0 amide bonds. The van der Waals surface area contributed by atoms with Crippen molar-refractivity contribution in [2.45, 2.75) is 31.8 Å². The van der Waals surface area contributed by atoms with Crippen molar-refractivity contribution in [2.75, 3.05) is 6.61 Å². The number of aryl methyl sites for hydroxylation is 2. The fraction of sp³-hybridized carbons (Fsp3) is 0.348. The van der Waals surface area contributed by atoms with Crippen LogP contribution in [-0.2, 0) is 18.8 Å². The molecule has 10 heteroatoms. The van der Waals surface area contributed by atoms with E-state index in [9.17, 15) is 9.59 Å². The molecule has 0 radical (unpaired) electrons. The van der Waals surface area contributed by atoms with Crippen molar-refractivity contribution in [2.24, 2.45) is 14.1 Å². The second-order valence-electron chi connectivity index (χ2n) is 8.34. The van der Waals surface area contributed by atoms with Crippen molar-refractivity contribution in [3.63, 3.8) is 0 Å². The first-order valence-electron chi connectivity index (χ1n) is 10.7. The van der Waals surface area contributed by atoms with Crippen molar-refractivity contribution in [1.29, 1.82) is 0 Å². The molecule has 1 fully saturated rings. The van der Waals surface area contributed by atoms with E-state index in [0.717, 1.165) is 5.56 Å². The van der Waals surface area contributed by atoms with Crippen LogP contribution in [-0.4, -0.2) is 35.5 Å². The van der Waals surface area contributed by atoms with E-state index in [-0.39, 0.29) is 34.3 Å². The maximum atomic E-state index is 13.8. The molecule has 9 nitrogen and oxygen atoms in total. The molecule has 1 aliphatic heterocycles. The van der Waals surface area contributed by atoms with Gasteiger partial charge in [-0.25, -0.2) is 9.97 Å². The molecule has 0 bridgehead atoms. The minimum atomic E-state index is -0.294. The summed E-state index contributed by atoms with van der Waals surface area (Å²) >= 11 is 6.07. The third kappa shape index (κ3) is 3.77. The predicted molar refractivity (Wildman–Crippen MR) is 124 cm³/mol. The number of hydrogen-bond donors (Lipinski definition) is 0. The van der Waals surface area contributed by atoms with Crippen LogP contribution in [0.3, 0.4) is 0 Å². The quantitative estimate of drug-likeness (QED) is 0.460. The summed E-state index contributed by atoms with van der Waals surface area (Å²) in [5, 5.41) is 4.78. The summed E-state index contributed by atoms with van der Waals surface area (Å²) in [5.41, 5.74) is 1.69. The number of fused-ring (bicyclic) bond motifs is 1. The van der Waals surface area contributed by atoms with Gasteiger partial charge in [0.15, 0.2) is 11.2 Å². The van der Waals surface area contributed by atoms with Crippen LogP contribution in [0, 0.1) is 6.92 Å². The van der Waals surface area contributed by atoms with Crippen molar-refractivity contribution in [3.8, 4) is 5.69 Å². The molecule has 1 saturated heterocycles. The number of nitrogens with zero attached hydrogens (tertiary/aromatic N) is 6. The molecule has 0 spiro atoms. The molecular formula is C23H23ClN6O3. The summed E-state index contributed by atoms with van der Waals surface area (Å²) in [6.45, 7) is 2.21. The van der Waals surface area contributed by atoms with Crippen LogP contribution in [0.1, 0.15) is 41.9 Å². The first-order chi connectivity index (χ1) is 15.8. The van der Waals surface area contributed by atoms with Crippen molar-refractivity contribution < 1.29 is 4.74 Å². The Morgan fingerprint density at radius 1 is 1.09 bits per heavy atom. The van der Waals surface area contributed by atoms with Crippen LogP contribution in [0.4, 0.5) is 0 Å². The molecule has 0 saturated carbocycles. The number of aromatic nitrogens is 6. The van der Waals surface area contributed by atoms with Crippen molar-refractivity contribution >= 4 is 22.8 Å². The number of benzene rings is 1. The maximum absolute atomic E-state index is 13.8. The number of halogens is 1. The molecule has 0 aliphatic carbocycles. The average Bonchev–Trinajstić information content (AvgIpc) is 3.25. The van der Waals surface area contributed by atoms with Gasteiger partial charge in [-0.2, -0.15) is 5.10 Å². The maximum Gasteiger partial charge on any atom is 0.281 e. The van der Waals surface area contributed by atoms with Gasteiger partial charge >= 0.3 is 0 Å². The van der Waals surface area contributed by atoms with Gasteiger partial charge in [0.2, 0.25) is 0 Å². The first-order valence-corrected chi connectivity index (χ1v) is 11.1. The van der Waals surface area contributed by atoms with Gasteiger partial charge < -0.3 is 4.74 Å². The Hall–Kier alpha value is -3.30. The van der Waals surface area contributed by atoms with Gasteiger partial charge in [-0.15, -0.1) is 0 Å². The molecule has 3 aromatic heterocycles. The second kappa shape index (κ2) is 8.24. The molecule has 2 atom stereocenters. The standard InChI is InChI=1S/C23H23ClN6O3/c1-13-26-21-20(22(31)29(13)3)27-19(23(32)30(21)17-6-4-16(24)5-7-17)14-8-9-33-18(10-14)15-11-25-28(2)12-15/h4-7,11-12,14,18H,8-10H2,1-3H3. The molecule has 170 valence electrons.